The fourth-order valence-electron chi connectivity index (χ4n) is 5.72. The number of para-hydroxylation sites is 1. The molecule has 5 aromatic rings. The molecule has 6 rings (SSSR count). The van der Waals surface area contributed by atoms with Crippen LogP contribution in [0.3, 0.4) is 0 Å². The maximum atomic E-state index is 14.3. The van der Waals surface area contributed by atoms with Crippen molar-refractivity contribution < 1.29 is 23.7 Å². The van der Waals surface area contributed by atoms with Gasteiger partial charge in [-0.15, -0.1) is 0 Å². The highest BCUT2D eigenvalue weighted by molar-refractivity contribution is 9.10. The molecule has 1 aromatic heterocycles. The van der Waals surface area contributed by atoms with Crippen molar-refractivity contribution in [2.45, 2.75) is 33.4 Å². The van der Waals surface area contributed by atoms with Crippen LogP contribution >= 0.6 is 27.3 Å². The second-order valence-electron chi connectivity index (χ2n) is 10.7. The van der Waals surface area contributed by atoms with Gasteiger partial charge in [0.05, 0.1) is 42.2 Å². The Kier molecular flexibility index (Phi) is 9.60. The molecule has 0 bridgehead atoms. The number of aromatic nitrogens is 1. The lowest BCUT2D eigenvalue weighted by molar-refractivity contribution is -0.139. The predicted octanol–water partition coefficient (Wildman–Crippen LogP) is 6.70. The van der Waals surface area contributed by atoms with Crippen LogP contribution in [0.5, 0.6) is 17.2 Å². The van der Waals surface area contributed by atoms with Crippen molar-refractivity contribution in [3.63, 3.8) is 0 Å². The summed E-state index contributed by atoms with van der Waals surface area (Å²) >= 11 is 4.93. The number of hydrogen-bond acceptors (Lipinski definition) is 8. The molecular weight excluding hydrogens is 680 g/mol. The first kappa shape index (κ1) is 32.3. The van der Waals surface area contributed by atoms with Crippen LogP contribution in [-0.2, 0) is 16.1 Å². The third-order valence-electron chi connectivity index (χ3n) is 7.86. The van der Waals surface area contributed by atoms with E-state index in [-0.39, 0.29) is 17.7 Å². The number of rotatable bonds is 10. The van der Waals surface area contributed by atoms with E-state index in [2.05, 4.69) is 40.2 Å². The second kappa shape index (κ2) is 14.0. The Morgan fingerprint density at radius 3 is 2.51 bits per heavy atom. The van der Waals surface area contributed by atoms with E-state index >= 15 is 0 Å². The van der Waals surface area contributed by atoms with E-state index in [1.54, 1.807) is 37.7 Å². The second-order valence-corrected chi connectivity index (χ2v) is 12.6. The van der Waals surface area contributed by atoms with Gasteiger partial charge in [-0.05, 0) is 66.9 Å². The quantitative estimate of drug-likeness (QED) is 0.150. The number of esters is 1. The van der Waals surface area contributed by atoms with Gasteiger partial charge in [0.15, 0.2) is 16.3 Å². The van der Waals surface area contributed by atoms with Crippen LogP contribution in [0.1, 0.15) is 43.5 Å². The zero-order valence-electron chi connectivity index (χ0n) is 26.4. The number of carbonyl (C=O) groups is 1. The third kappa shape index (κ3) is 6.35. The Morgan fingerprint density at radius 2 is 1.72 bits per heavy atom. The summed E-state index contributed by atoms with van der Waals surface area (Å²) in [4.78, 5) is 32.9. The number of nitrogens with zero attached hydrogens (tertiary/aromatic N) is 2. The summed E-state index contributed by atoms with van der Waals surface area (Å²) in [5.41, 5.74) is 2.90. The largest absolute Gasteiger partial charge is 0.493 e. The fraction of sp³-hybridized carbons (Fsp3) is 0.216. The van der Waals surface area contributed by atoms with Gasteiger partial charge in [0.25, 0.3) is 5.56 Å². The number of carbonyl (C=O) groups excluding carboxylic acids is 1. The molecule has 1 atom stereocenters. The zero-order chi connectivity index (χ0) is 33.1. The molecule has 0 fully saturated rings. The smallest absolute Gasteiger partial charge is 0.338 e. The first-order valence-electron chi connectivity index (χ1n) is 15.2. The van der Waals surface area contributed by atoms with Gasteiger partial charge in [0.2, 0.25) is 0 Å². The number of fused-ring (bicyclic) bond motifs is 2. The summed E-state index contributed by atoms with van der Waals surface area (Å²) in [6.07, 6.45) is 1.82. The normalized spacial score (nSPS) is 14.5. The summed E-state index contributed by atoms with van der Waals surface area (Å²) in [6, 6.07) is 24.7. The Morgan fingerprint density at radius 1 is 0.957 bits per heavy atom. The van der Waals surface area contributed by atoms with Gasteiger partial charge in [-0.3, -0.25) is 9.36 Å². The van der Waals surface area contributed by atoms with Gasteiger partial charge in [0, 0.05) is 10.0 Å². The van der Waals surface area contributed by atoms with Crippen molar-refractivity contribution in [3.05, 3.63) is 131 Å². The number of halogens is 1. The van der Waals surface area contributed by atoms with Crippen LogP contribution in [0.25, 0.3) is 16.8 Å². The minimum atomic E-state index is -0.829. The summed E-state index contributed by atoms with van der Waals surface area (Å²) in [5, 5.41) is 2.28. The van der Waals surface area contributed by atoms with E-state index in [1.165, 1.54) is 11.3 Å². The van der Waals surface area contributed by atoms with Gasteiger partial charge in [-0.25, -0.2) is 9.79 Å². The van der Waals surface area contributed by atoms with Crippen LogP contribution < -0.4 is 29.1 Å². The van der Waals surface area contributed by atoms with E-state index in [0.717, 1.165) is 21.9 Å². The standard InChI is InChI=1S/C37H33BrN2O6S/c1-5-44-31-20-28(38)27(19-30(31)43-4)34-33(36(42)45-6-2)22(3)39-37-40(34)35(41)32(47-37)18-24-13-8-10-17-29(24)46-21-25-15-11-14-23-12-7-9-16-26(23)25/h7-20,34H,5-6,21H2,1-4H3/b32-18+/t34-/m0/s1. The number of thiazole rings is 1. The maximum absolute atomic E-state index is 14.3. The SMILES string of the molecule is CCOC(=O)C1=C(C)N=c2s/c(=C/c3ccccc3OCc3cccc4ccccc34)c(=O)n2[C@H]1c1cc(OC)c(OCC)cc1Br. The summed E-state index contributed by atoms with van der Waals surface area (Å²) < 4.78 is 25.9. The van der Waals surface area contributed by atoms with E-state index in [1.807, 2.05) is 55.5 Å². The summed E-state index contributed by atoms with van der Waals surface area (Å²) in [5.74, 6) is 1.11. The van der Waals surface area contributed by atoms with E-state index in [9.17, 15) is 9.59 Å². The summed E-state index contributed by atoms with van der Waals surface area (Å²) in [7, 11) is 1.55. The number of hydrogen-bond donors (Lipinski definition) is 0. The van der Waals surface area contributed by atoms with Crippen molar-refractivity contribution in [1.82, 2.24) is 4.57 Å². The maximum Gasteiger partial charge on any atom is 0.338 e. The Balaban J connectivity index is 1.46. The lowest BCUT2D eigenvalue weighted by atomic mass is 9.95. The minimum absolute atomic E-state index is 0.177. The fourth-order valence-corrected chi connectivity index (χ4v) is 7.30. The third-order valence-corrected chi connectivity index (χ3v) is 9.53. The van der Waals surface area contributed by atoms with Crippen molar-refractivity contribution >= 4 is 50.1 Å². The topological polar surface area (TPSA) is 88.4 Å². The number of methoxy groups -OCH3 is 1. The van der Waals surface area contributed by atoms with Crippen LogP contribution in [0.15, 0.2) is 104 Å². The highest BCUT2D eigenvalue weighted by atomic mass is 79.9. The lowest BCUT2D eigenvalue weighted by Gasteiger charge is -2.26. The van der Waals surface area contributed by atoms with Crippen LogP contribution in [0, 0.1) is 0 Å². The average molecular weight is 714 g/mol. The van der Waals surface area contributed by atoms with Crippen LogP contribution in [-0.4, -0.2) is 30.9 Å². The Hall–Kier alpha value is -4.67. The van der Waals surface area contributed by atoms with Crippen molar-refractivity contribution in [2.75, 3.05) is 20.3 Å². The molecule has 0 unspecified atom stereocenters. The van der Waals surface area contributed by atoms with E-state index < -0.39 is 12.0 Å². The number of ether oxygens (including phenoxy) is 4. The lowest BCUT2D eigenvalue weighted by Crippen LogP contribution is -2.40. The minimum Gasteiger partial charge on any atom is -0.493 e. The Labute approximate surface area is 284 Å². The van der Waals surface area contributed by atoms with E-state index in [0.29, 0.717) is 55.5 Å². The number of allylic oxidation sites excluding steroid dienone is 1. The van der Waals surface area contributed by atoms with Crippen LogP contribution in [0.2, 0.25) is 0 Å². The van der Waals surface area contributed by atoms with Gasteiger partial charge < -0.3 is 18.9 Å². The van der Waals surface area contributed by atoms with Crippen molar-refractivity contribution in [2.24, 2.45) is 4.99 Å². The molecule has 0 saturated heterocycles. The van der Waals surface area contributed by atoms with Gasteiger partial charge in [-0.1, -0.05) is 87.9 Å². The van der Waals surface area contributed by atoms with Crippen LogP contribution in [0.4, 0.5) is 0 Å². The van der Waals surface area contributed by atoms with Gasteiger partial charge in [-0.2, -0.15) is 0 Å². The van der Waals surface area contributed by atoms with Crippen molar-refractivity contribution in [1.29, 1.82) is 0 Å². The molecule has 0 saturated carbocycles. The number of benzene rings is 4. The summed E-state index contributed by atoms with van der Waals surface area (Å²) in [6.45, 7) is 6.37. The predicted molar refractivity (Wildman–Crippen MR) is 187 cm³/mol. The molecule has 0 amide bonds. The molecule has 10 heteroatoms. The Bertz CT molecular complexity index is 2200. The highest BCUT2D eigenvalue weighted by Crippen LogP contribution is 2.41. The molecule has 0 aliphatic carbocycles. The molecule has 4 aromatic carbocycles. The molecule has 1 aliphatic heterocycles. The molecule has 0 spiro atoms. The molecule has 240 valence electrons. The van der Waals surface area contributed by atoms with Crippen molar-refractivity contribution in [3.8, 4) is 17.2 Å². The molecular formula is C37H33BrN2O6S. The first-order chi connectivity index (χ1) is 22.8. The molecule has 0 radical (unpaired) electrons. The zero-order valence-corrected chi connectivity index (χ0v) is 28.8. The molecule has 1 aliphatic rings. The van der Waals surface area contributed by atoms with Gasteiger partial charge >= 0.3 is 5.97 Å². The average Bonchev–Trinajstić information content (AvgIpc) is 3.37. The first-order valence-corrected chi connectivity index (χ1v) is 16.8. The monoisotopic (exact) mass is 712 g/mol. The molecule has 0 N–H and O–H groups in total. The highest BCUT2D eigenvalue weighted by Gasteiger charge is 2.35. The van der Waals surface area contributed by atoms with Gasteiger partial charge in [0.1, 0.15) is 12.4 Å². The van der Waals surface area contributed by atoms with E-state index in [4.69, 9.17) is 23.9 Å². The molecule has 2 heterocycles. The molecule has 8 nitrogen and oxygen atoms in total. The molecule has 47 heavy (non-hydrogen) atoms.